The van der Waals surface area contributed by atoms with Crippen LogP contribution in [-0.4, -0.2) is 42.5 Å². The number of sulfonamides is 1. The lowest BCUT2D eigenvalue weighted by Crippen LogP contribution is -2.24. The normalized spacial score (nSPS) is 11.8. The van der Waals surface area contributed by atoms with Crippen LogP contribution in [-0.2, 0) is 21.4 Å². The zero-order valence-corrected chi connectivity index (χ0v) is 15.3. The summed E-state index contributed by atoms with van der Waals surface area (Å²) in [5, 5.41) is 7.00. The molecule has 0 fully saturated rings. The van der Waals surface area contributed by atoms with Gasteiger partial charge in [-0.15, -0.1) is 0 Å². The molecular formula is C16H22N4O3S. The second-order valence-electron chi connectivity index (χ2n) is 5.86. The molecule has 1 aromatic carbocycles. The molecule has 0 aliphatic carbocycles. The molecule has 130 valence electrons. The van der Waals surface area contributed by atoms with Crippen LogP contribution in [0.2, 0.25) is 0 Å². The van der Waals surface area contributed by atoms with Gasteiger partial charge < -0.3 is 5.32 Å². The Bertz CT molecular complexity index is 869. The third kappa shape index (κ3) is 3.65. The number of nitrogens with zero attached hydrogens (tertiary/aromatic N) is 3. The van der Waals surface area contributed by atoms with Crippen molar-refractivity contribution in [2.45, 2.75) is 32.2 Å². The number of rotatable bonds is 5. The van der Waals surface area contributed by atoms with Crippen molar-refractivity contribution in [1.82, 2.24) is 14.1 Å². The smallest absolute Gasteiger partial charge is 0.246 e. The molecule has 1 heterocycles. The summed E-state index contributed by atoms with van der Waals surface area (Å²) in [7, 11) is -0.663. The summed E-state index contributed by atoms with van der Waals surface area (Å²) < 4.78 is 27.3. The Balaban J connectivity index is 2.24. The van der Waals surface area contributed by atoms with E-state index in [9.17, 15) is 13.2 Å². The van der Waals surface area contributed by atoms with Gasteiger partial charge in [-0.3, -0.25) is 9.48 Å². The van der Waals surface area contributed by atoms with E-state index in [0.29, 0.717) is 17.1 Å². The molecule has 0 bridgehead atoms. The number of anilines is 1. The Kier molecular flexibility index (Phi) is 5.10. The first-order chi connectivity index (χ1) is 11.1. The van der Waals surface area contributed by atoms with E-state index in [-0.39, 0.29) is 17.3 Å². The monoisotopic (exact) mass is 350 g/mol. The third-order valence-electron chi connectivity index (χ3n) is 3.65. The maximum absolute atomic E-state index is 12.4. The van der Waals surface area contributed by atoms with E-state index in [2.05, 4.69) is 10.4 Å². The molecule has 0 radical (unpaired) electrons. The number of nitrogens with one attached hydrogen (secondary N) is 1. The molecule has 2 rings (SSSR count). The van der Waals surface area contributed by atoms with E-state index in [0.717, 1.165) is 9.87 Å². The predicted molar refractivity (Wildman–Crippen MR) is 92.4 cm³/mol. The van der Waals surface area contributed by atoms with Crippen molar-refractivity contribution in [3.63, 3.8) is 0 Å². The highest BCUT2D eigenvalue weighted by molar-refractivity contribution is 7.89. The SMILES string of the molecule is Cc1cccc(NC(=O)Cn2nc(C)c(S(=O)(=O)N(C)C)c2C)c1. The summed E-state index contributed by atoms with van der Waals surface area (Å²) >= 11 is 0. The standard InChI is InChI=1S/C16H22N4O3S/c1-11-7-6-8-14(9-11)17-15(21)10-20-13(3)16(12(2)18-20)24(22,23)19(4)5/h6-9H,10H2,1-5H3,(H,17,21). The van der Waals surface area contributed by atoms with Gasteiger partial charge in [-0.25, -0.2) is 12.7 Å². The first kappa shape index (κ1) is 18.2. The van der Waals surface area contributed by atoms with Crippen LogP contribution in [0.25, 0.3) is 0 Å². The second kappa shape index (κ2) is 6.74. The Morgan fingerprint density at radius 3 is 2.50 bits per heavy atom. The molecular weight excluding hydrogens is 328 g/mol. The molecule has 2 aromatic rings. The number of benzene rings is 1. The second-order valence-corrected chi connectivity index (χ2v) is 7.95. The first-order valence-corrected chi connectivity index (χ1v) is 8.90. The summed E-state index contributed by atoms with van der Waals surface area (Å²) in [5.41, 5.74) is 2.56. The fourth-order valence-corrected chi connectivity index (χ4v) is 3.71. The molecule has 0 spiro atoms. The molecule has 0 saturated carbocycles. The van der Waals surface area contributed by atoms with Crippen LogP contribution >= 0.6 is 0 Å². The van der Waals surface area contributed by atoms with E-state index >= 15 is 0 Å². The minimum atomic E-state index is -3.60. The summed E-state index contributed by atoms with van der Waals surface area (Å²) in [4.78, 5) is 12.4. The van der Waals surface area contributed by atoms with Crippen LogP contribution in [0.1, 0.15) is 17.0 Å². The molecule has 1 N–H and O–H groups in total. The maximum atomic E-state index is 12.4. The highest BCUT2D eigenvalue weighted by Gasteiger charge is 2.27. The number of amides is 1. The van der Waals surface area contributed by atoms with Crippen LogP contribution < -0.4 is 5.32 Å². The quantitative estimate of drug-likeness (QED) is 0.889. The van der Waals surface area contributed by atoms with Gasteiger partial charge in [-0.1, -0.05) is 12.1 Å². The zero-order chi connectivity index (χ0) is 18.1. The summed E-state index contributed by atoms with van der Waals surface area (Å²) in [6, 6.07) is 7.46. The van der Waals surface area contributed by atoms with Crippen molar-refractivity contribution in [3.8, 4) is 0 Å². The van der Waals surface area contributed by atoms with Gasteiger partial charge in [0.15, 0.2) is 0 Å². The number of hydrogen-bond acceptors (Lipinski definition) is 4. The minimum Gasteiger partial charge on any atom is -0.324 e. The fourth-order valence-electron chi connectivity index (χ4n) is 2.45. The van der Waals surface area contributed by atoms with E-state index in [1.54, 1.807) is 19.9 Å². The molecule has 0 unspecified atom stereocenters. The molecule has 1 aromatic heterocycles. The predicted octanol–water partition coefficient (Wildman–Crippen LogP) is 1.70. The van der Waals surface area contributed by atoms with Gasteiger partial charge >= 0.3 is 0 Å². The third-order valence-corrected chi connectivity index (χ3v) is 5.72. The average molecular weight is 350 g/mol. The molecule has 24 heavy (non-hydrogen) atoms. The summed E-state index contributed by atoms with van der Waals surface area (Å²) in [6.45, 7) is 5.16. The Morgan fingerprint density at radius 1 is 1.25 bits per heavy atom. The summed E-state index contributed by atoms with van der Waals surface area (Å²) in [6.07, 6.45) is 0. The van der Waals surface area contributed by atoms with Crippen molar-refractivity contribution in [2.24, 2.45) is 0 Å². The van der Waals surface area contributed by atoms with Gasteiger partial charge in [-0.05, 0) is 38.5 Å². The molecule has 0 saturated heterocycles. The van der Waals surface area contributed by atoms with Crippen molar-refractivity contribution in [1.29, 1.82) is 0 Å². The van der Waals surface area contributed by atoms with Gasteiger partial charge in [0.25, 0.3) is 0 Å². The maximum Gasteiger partial charge on any atom is 0.246 e. The molecule has 0 atom stereocenters. The molecule has 7 nitrogen and oxygen atoms in total. The minimum absolute atomic E-state index is 0.0520. The van der Waals surface area contributed by atoms with Crippen molar-refractivity contribution >= 4 is 21.6 Å². The van der Waals surface area contributed by atoms with E-state index in [4.69, 9.17) is 0 Å². The van der Waals surface area contributed by atoms with Crippen LogP contribution in [0, 0.1) is 20.8 Å². The van der Waals surface area contributed by atoms with Gasteiger partial charge in [-0.2, -0.15) is 5.10 Å². The van der Waals surface area contributed by atoms with Gasteiger partial charge in [0.2, 0.25) is 15.9 Å². The van der Waals surface area contributed by atoms with Crippen molar-refractivity contribution < 1.29 is 13.2 Å². The molecule has 0 aliphatic heterocycles. The lowest BCUT2D eigenvalue weighted by molar-refractivity contribution is -0.116. The Morgan fingerprint density at radius 2 is 1.92 bits per heavy atom. The van der Waals surface area contributed by atoms with Crippen LogP contribution in [0.5, 0.6) is 0 Å². The topological polar surface area (TPSA) is 84.3 Å². The number of carbonyl (C=O) groups excluding carboxylic acids is 1. The van der Waals surface area contributed by atoms with Gasteiger partial charge in [0, 0.05) is 19.8 Å². The van der Waals surface area contributed by atoms with Gasteiger partial charge in [0.1, 0.15) is 11.4 Å². The zero-order valence-electron chi connectivity index (χ0n) is 14.5. The fraction of sp³-hybridized carbons (Fsp3) is 0.375. The first-order valence-electron chi connectivity index (χ1n) is 7.46. The van der Waals surface area contributed by atoms with Crippen LogP contribution in [0.4, 0.5) is 5.69 Å². The van der Waals surface area contributed by atoms with E-state index < -0.39 is 10.0 Å². The van der Waals surface area contributed by atoms with Crippen molar-refractivity contribution in [2.75, 3.05) is 19.4 Å². The lowest BCUT2D eigenvalue weighted by atomic mass is 10.2. The van der Waals surface area contributed by atoms with Crippen LogP contribution in [0.3, 0.4) is 0 Å². The number of hydrogen-bond donors (Lipinski definition) is 1. The Hall–Kier alpha value is -2.19. The average Bonchev–Trinajstić information content (AvgIpc) is 2.73. The van der Waals surface area contributed by atoms with Crippen LogP contribution in [0.15, 0.2) is 29.2 Å². The molecule has 1 amide bonds. The number of aryl methyl sites for hydroxylation is 2. The Labute approximate surface area is 142 Å². The lowest BCUT2D eigenvalue weighted by Gasteiger charge is -2.12. The largest absolute Gasteiger partial charge is 0.324 e. The molecule has 8 heteroatoms. The van der Waals surface area contributed by atoms with Crippen molar-refractivity contribution in [3.05, 3.63) is 41.2 Å². The van der Waals surface area contributed by atoms with Gasteiger partial charge in [0.05, 0.1) is 11.4 Å². The number of aromatic nitrogens is 2. The molecule has 0 aliphatic rings. The summed E-state index contributed by atoms with van der Waals surface area (Å²) in [5.74, 6) is -0.264. The van der Waals surface area contributed by atoms with E-state index in [1.165, 1.54) is 18.8 Å². The highest BCUT2D eigenvalue weighted by Crippen LogP contribution is 2.22. The highest BCUT2D eigenvalue weighted by atomic mass is 32.2. The van der Waals surface area contributed by atoms with E-state index in [1.807, 2.05) is 25.1 Å². The number of carbonyl (C=O) groups is 1.